The third-order valence-corrected chi connectivity index (χ3v) is 6.04. The number of hydrogen-bond donors (Lipinski definition) is 0. The summed E-state index contributed by atoms with van der Waals surface area (Å²) in [5, 5.41) is 1.18. The number of furan rings is 1. The lowest BCUT2D eigenvalue weighted by molar-refractivity contribution is -0.125. The molecule has 1 fully saturated rings. The van der Waals surface area contributed by atoms with Gasteiger partial charge >= 0.3 is 0 Å². The summed E-state index contributed by atoms with van der Waals surface area (Å²) < 4.78 is 12.0. The first-order chi connectivity index (χ1) is 13.7. The number of aryl methyl sites for hydroxylation is 2. The van der Waals surface area contributed by atoms with Gasteiger partial charge in [-0.25, -0.2) is 0 Å². The molecule has 4 heteroatoms. The molecule has 1 aromatic carbocycles. The van der Waals surface area contributed by atoms with Gasteiger partial charge in [0, 0.05) is 48.2 Å². The Kier molecular flexibility index (Phi) is 5.74. The van der Waals surface area contributed by atoms with Crippen LogP contribution >= 0.6 is 0 Å². The molecule has 1 aliphatic carbocycles. The van der Waals surface area contributed by atoms with Crippen molar-refractivity contribution in [1.29, 1.82) is 0 Å². The number of allylic oxidation sites excluding steroid dienone is 1. The van der Waals surface area contributed by atoms with Gasteiger partial charge in [-0.1, -0.05) is 12.8 Å². The van der Waals surface area contributed by atoms with Crippen molar-refractivity contribution in [2.45, 2.75) is 65.2 Å². The van der Waals surface area contributed by atoms with Crippen molar-refractivity contribution in [2.24, 2.45) is 0 Å². The minimum atomic E-state index is 0.121. The lowest BCUT2D eigenvalue weighted by atomic mass is 9.94. The Morgan fingerprint density at radius 2 is 1.86 bits per heavy atom. The van der Waals surface area contributed by atoms with Gasteiger partial charge in [0.2, 0.25) is 5.91 Å². The highest BCUT2D eigenvalue weighted by molar-refractivity contribution is 5.97. The summed E-state index contributed by atoms with van der Waals surface area (Å²) >= 11 is 0. The van der Waals surface area contributed by atoms with E-state index in [1.165, 1.54) is 36.6 Å². The van der Waals surface area contributed by atoms with Crippen LogP contribution in [0.25, 0.3) is 16.5 Å². The zero-order valence-corrected chi connectivity index (χ0v) is 17.2. The van der Waals surface area contributed by atoms with Gasteiger partial charge in [0.05, 0.1) is 6.61 Å². The smallest absolute Gasteiger partial charge is 0.246 e. The van der Waals surface area contributed by atoms with Crippen LogP contribution < -0.4 is 4.74 Å². The van der Waals surface area contributed by atoms with Gasteiger partial charge in [-0.05, 0) is 57.6 Å². The molecule has 1 amide bonds. The highest BCUT2D eigenvalue weighted by atomic mass is 16.5. The van der Waals surface area contributed by atoms with Crippen molar-refractivity contribution in [3.05, 3.63) is 35.1 Å². The normalized spacial score (nSPS) is 18.1. The van der Waals surface area contributed by atoms with E-state index in [-0.39, 0.29) is 5.91 Å². The highest BCUT2D eigenvalue weighted by Gasteiger charge is 2.21. The van der Waals surface area contributed by atoms with Crippen molar-refractivity contribution >= 4 is 22.4 Å². The fraction of sp³-hybridized carbons (Fsp3) is 0.542. The van der Waals surface area contributed by atoms with E-state index in [0.717, 1.165) is 67.0 Å². The number of rotatable bonds is 4. The van der Waals surface area contributed by atoms with Crippen molar-refractivity contribution < 1.29 is 13.9 Å². The van der Waals surface area contributed by atoms with Crippen LogP contribution in [0.1, 0.15) is 69.3 Å². The topological polar surface area (TPSA) is 42.7 Å². The second-order valence-electron chi connectivity index (χ2n) is 8.06. The maximum atomic E-state index is 12.8. The highest BCUT2D eigenvalue weighted by Crippen LogP contribution is 2.38. The molecule has 28 heavy (non-hydrogen) atoms. The van der Waals surface area contributed by atoms with Crippen LogP contribution in [0.3, 0.4) is 0 Å². The monoisotopic (exact) mass is 381 g/mol. The van der Waals surface area contributed by atoms with Gasteiger partial charge in [0.1, 0.15) is 17.1 Å². The Bertz CT molecular complexity index is 885. The quantitative estimate of drug-likeness (QED) is 0.655. The summed E-state index contributed by atoms with van der Waals surface area (Å²) in [6.07, 6.45) is 11.0. The van der Waals surface area contributed by atoms with Gasteiger partial charge in [0.15, 0.2) is 0 Å². The molecule has 0 saturated carbocycles. The molecule has 0 unspecified atom stereocenters. The van der Waals surface area contributed by atoms with E-state index in [2.05, 4.69) is 6.07 Å². The molecule has 2 aliphatic rings. The van der Waals surface area contributed by atoms with E-state index in [1.54, 1.807) is 6.08 Å². The molecule has 2 heterocycles. The maximum absolute atomic E-state index is 12.8. The van der Waals surface area contributed by atoms with Gasteiger partial charge in [-0.3, -0.25) is 4.79 Å². The molecular formula is C24H31NO3. The molecule has 0 bridgehead atoms. The number of fused-ring (bicyclic) bond motifs is 3. The molecular weight excluding hydrogens is 350 g/mol. The number of ether oxygens (including phenoxy) is 1. The molecule has 0 radical (unpaired) electrons. The second kappa shape index (κ2) is 8.42. The largest absolute Gasteiger partial charge is 0.493 e. The first-order valence-corrected chi connectivity index (χ1v) is 10.9. The van der Waals surface area contributed by atoms with E-state index in [4.69, 9.17) is 9.15 Å². The number of likely N-dealkylation sites (tertiary alicyclic amines) is 1. The summed E-state index contributed by atoms with van der Waals surface area (Å²) in [6.45, 7) is 6.34. The zero-order chi connectivity index (χ0) is 19.5. The van der Waals surface area contributed by atoms with Gasteiger partial charge in [-0.15, -0.1) is 0 Å². The van der Waals surface area contributed by atoms with Crippen molar-refractivity contribution in [3.8, 4) is 5.75 Å². The van der Waals surface area contributed by atoms with E-state index < -0.39 is 0 Å². The van der Waals surface area contributed by atoms with Crippen LogP contribution in [0.4, 0.5) is 0 Å². The lowest BCUT2D eigenvalue weighted by Gasteiger charge is -2.19. The molecule has 4 rings (SSSR count). The lowest BCUT2D eigenvalue weighted by Crippen LogP contribution is -2.30. The molecule has 1 saturated heterocycles. The fourth-order valence-corrected chi connectivity index (χ4v) is 4.52. The van der Waals surface area contributed by atoms with Crippen LogP contribution in [0.5, 0.6) is 5.75 Å². The zero-order valence-electron chi connectivity index (χ0n) is 17.2. The van der Waals surface area contributed by atoms with Crippen molar-refractivity contribution in [2.75, 3.05) is 19.7 Å². The van der Waals surface area contributed by atoms with Crippen LogP contribution in [0.2, 0.25) is 0 Å². The Labute approximate surface area is 167 Å². The average Bonchev–Trinajstić information content (AvgIpc) is 2.86. The molecule has 4 nitrogen and oxygen atoms in total. The van der Waals surface area contributed by atoms with Crippen molar-refractivity contribution in [3.63, 3.8) is 0 Å². The Morgan fingerprint density at radius 1 is 1.11 bits per heavy atom. The molecule has 0 atom stereocenters. The number of carbonyl (C=O) groups is 1. The number of benzene rings is 1. The standard InChI is InChI=1S/C24H31NO3/c1-3-27-22-16-23-20(18-10-6-7-11-21(18)28-23)15-19(22)17(2)14-24(26)25-12-8-4-5-9-13-25/h14-16H,3-13H2,1-2H3/b17-14+. The number of carbonyl (C=O) groups excluding carboxylic acids is 1. The van der Waals surface area contributed by atoms with E-state index in [1.807, 2.05) is 24.8 Å². The molecule has 0 spiro atoms. The maximum Gasteiger partial charge on any atom is 0.246 e. The average molecular weight is 382 g/mol. The fourth-order valence-electron chi connectivity index (χ4n) is 4.52. The Hall–Kier alpha value is -2.23. The van der Waals surface area contributed by atoms with Crippen LogP contribution in [0, 0.1) is 0 Å². The summed E-state index contributed by atoms with van der Waals surface area (Å²) in [6, 6.07) is 4.19. The van der Waals surface area contributed by atoms with Gasteiger partial charge < -0.3 is 14.1 Å². The van der Waals surface area contributed by atoms with Gasteiger partial charge in [-0.2, -0.15) is 0 Å². The van der Waals surface area contributed by atoms with E-state index in [0.29, 0.717) is 6.61 Å². The summed E-state index contributed by atoms with van der Waals surface area (Å²) in [4.78, 5) is 14.8. The SMILES string of the molecule is CCOc1cc2oc3c(c2cc1/C(C)=C/C(=O)N1CCCCCC1)CCCC3. The Balaban J connectivity index is 1.70. The minimum Gasteiger partial charge on any atom is -0.493 e. The van der Waals surface area contributed by atoms with Crippen LogP contribution in [-0.4, -0.2) is 30.5 Å². The molecule has 0 N–H and O–H groups in total. The Morgan fingerprint density at radius 3 is 2.61 bits per heavy atom. The second-order valence-corrected chi connectivity index (χ2v) is 8.06. The molecule has 150 valence electrons. The van der Waals surface area contributed by atoms with Crippen LogP contribution in [-0.2, 0) is 17.6 Å². The first kappa shape index (κ1) is 19.1. The number of amides is 1. The third kappa shape index (κ3) is 3.82. The molecule has 1 aromatic heterocycles. The third-order valence-electron chi connectivity index (χ3n) is 6.04. The minimum absolute atomic E-state index is 0.121. The van der Waals surface area contributed by atoms with Crippen molar-refractivity contribution in [1.82, 2.24) is 4.90 Å². The van der Waals surface area contributed by atoms with E-state index >= 15 is 0 Å². The predicted octanol–water partition coefficient (Wildman–Crippen LogP) is 5.52. The summed E-state index contributed by atoms with van der Waals surface area (Å²) in [7, 11) is 0. The first-order valence-electron chi connectivity index (χ1n) is 10.9. The van der Waals surface area contributed by atoms with Crippen LogP contribution in [0.15, 0.2) is 22.6 Å². The number of hydrogen-bond acceptors (Lipinski definition) is 3. The summed E-state index contributed by atoms with van der Waals surface area (Å²) in [5.74, 6) is 2.05. The molecule has 1 aliphatic heterocycles. The molecule has 2 aromatic rings. The summed E-state index contributed by atoms with van der Waals surface area (Å²) in [5.41, 5.74) is 4.22. The number of nitrogens with zero attached hydrogens (tertiary/aromatic N) is 1. The van der Waals surface area contributed by atoms with E-state index in [9.17, 15) is 4.79 Å². The predicted molar refractivity (Wildman–Crippen MR) is 113 cm³/mol. The van der Waals surface area contributed by atoms with Gasteiger partial charge in [0.25, 0.3) is 0 Å².